The second-order valence-corrected chi connectivity index (χ2v) is 10.5. The molecule has 0 unspecified atom stereocenters. The summed E-state index contributed by atoms with van der Waals surface area (Å²) < 4.78 is 36.7. The van der Waals surface area contributed by atoms with E-state index in [4.69, 9.17) is 4.74 Å². The number of hydrogen-bond donors (Lipinski definition) is 1. The standard InChI is InChI=1S/C29H32F2N6O3/c1-19(2)37-24(10-13-32-37)28(39)35-27(21-8-11-29(30,31)12-9-21)23-16-36-26(34-23)14-22(15-33-36)25(38)18-40-17-20-6-4-3-5-7-20/h3-7,10,13-16,19,21,27H,8-9,11-12,17-18H2,1-2H3,(H,35,39)/t27-/m0/s1. The van der Waals surface area contributed by atoms with Crippen LogP contribution in [-0.4, -0.2) is 48.6 Å². The van der Waals surface area contributed by atoms with Crippen LogP contribution in [0.2, 0.25) is 0 Å². The summed E-state index contributed by atoms with van der Waals surface area (Å²) in [5.41, 5.74) is 2.60. The number of nitrogens with zero attached hydrogens (tertiary/aromatic N) is 5. The van der Waals surface area contributed by atoms with Crippen LogP contribution in [0.4, 0.5) is 8.78 Å². The zero-order chi connectivity index (χ0) is 28.3. The first-order valence-electron chi connectivity index (χ1n) is 13.4. The van der Waals surface area contributed by atoms with E-state index in [-0.39, 0.29) is 55.9 Å². The van der Waals surface area contributed by atoms with Crippen molar-refractivity contribution in [3.05, 3.63) is 83.6 Å². The van der Waals surface area contributed by atoms with Crippen LogP contribution in [0.3, 0.4) is 0 Å². The number of fused-ring (bicyclic) bond motifs is 1. The Morgan fingerprint density at radius 2 is 1.88 bits per heavy atom. The minimum atomic E-state index is -2.71. The fraction of sp³-hybridized carbons (Fsp3) is 0.414. The number of halogens is 2. The van der Waals surface area contributed by atoms with Gasteiger partial charge in [0.1, 0.15) is 12.3 Å². The summed E-state index contributed by atoms with van der Waals surface area (Å²) in [6, 6.07) is 12.2. The number of Topliss-reactive ketones (excluding diaryl/α,β-unsaturated/α-hetero) is 1. The minimum absolute atomic E-state index is 0.0328. The molecule has 9 nitrogen and oxygen atoms in total. The lowest BCUT2D eigenvalue weighted by molar-refractivity contribution is -0.0495. The molecule has 3 heterocycles. The zero-order valence-corrected chi connectivity index (χ0v) is 22.5. The summed E-state index contributed by atoms with van der Waals surface area (Å²) in [5.74, 6) is -3.54. The van der Waals surface area contributed by atoms with E-state index < -0.39 is 12.0 Å². The predicted molar refractivity (Wildman–Crippen MR) is 143 cm³/mol. The molecule has 3 aromatic heterocycles. The molecule has 1 atom stereocenters. The number of alkyl halides is 2. The van der Waals surface area contributed by atoms with Crippen LogP contribution in [0.1, 0.15) is 83.7 Å². The van der Waals surface area contributed by atoms with Crippen LogP contribution in [-0.2, 0) is 11.3 Å². The smallest absolute Gasteiger partial charge is 0.270 e. The molecule has 11 heteroatoms. The highest BCUT2D eigenvalue weighted by molar-refractivity contribution is 5.97. The van der Waals surface area contributed by atoms with Gasteiger partial charge < -0.3 is 10.1 Å². The van der Waals surface area contributed by atoms with Gasteiger partial charge in [-0.3, -0.25) is 14.3 Å². The first-order valence-corrected chi connectivity index (χ1v) is 13.4. The molecule has 4 aromatic rings. The number of ketones is 1. The van der Waals surface area contributed by atoms with Gasteiger partial charge in [0.25, 0.3) is 5.91 Å². The van der Waals surface area contributed by atoms with Crippen molar-refractivity contribution >= 4 is 17.3 Å². The molecule has 1 N–H and O–H groups in total. The number of carbonyl (C=O) groups is 2. The van der Waals surface area contributed by atoms with Crippen molar-refractivity contribution < 1.29 is 23.1 Å². The number of imidazole rings is 1. The summed E-state index contributed by atoms with van der Waals surface area (Å²) in [6.07, 6.45) is 4.66. The average Bonchev–Trinajstić information content (AvgIpc) is 3.60. The van der Waals surface area contributed by atoms with Gasteiger partial charge in [-0.1, -0.05) is 30.3 Å². The second kappa shape index (κ2) is 11.6. The van der Waals surface area contributed by atoms with Crippen LogP contribution in [0.15, 0.2) is 61.1 Å². The molecule has 0 aliphatic heterocycles. The normalized spacial score (nSPS) is 16.3. The highest BCUT2D eigenvalue weighted by Crippen LogP contribution is 2.41. The third kappa shape index (κ3) is 6.25. The number of benzene rings is 1. The Hall–Kier alpha value is -3.99. The summed E-state index contributed by atoms with van der Waals surface area (Å²) >= 11 is 0. The number of ether oxygens (including phenoxy) is 1. The Kier molecular flexibility index (Phi) is 8.02. The van der Waals surface area contributed by atoms with E-state index in [1.807, 2.05) is 44.2 Å². The second-order valence-electron chi connectivity index (χ2n) is 10.5. The molecule has 0 bridgehead atoms. The lowest BCUT2D eigenvalue weighted by Crippen LogP contribution is -2.38. The van der Waals surface area contributed by atoms with E-state index in [0.29, 0.717) is 29.2 Å². The average molecular weight is 551 g/mol. The molecule has 0 radical (unpaired) electrons. The first-order chi connectivity index (χ1) is 19.2. The number of carbonyl (C=O) groups excluding carboxylic acids is 2. The summed E-state index contributed by atoms with van der Waals surface area (Å²) in [7, 11) is 0. The zero-order valence-electron chi connectivity index (χ0n) is 22.5. The van der Waals surface area contributed by atoms with Crippen molar-refractivity contribution in [2.75, 3.05) is 6.61 Å². The third-order valence-electron chi connectivity index (χ3n) is 7.24. The van der Waals surface area contributed by atoms with Crippen LogP contribution in [0.5, 0.6) is 0 Å². The SMILES string of the molecule is CC(C)n1nccc1C(=O)N[C@H](c1cn2ncc(C(=O)COCc3ccccc3)cc2n1)C1CCC(F)(F)CC1. The number of hydrogen-bond acceptors (Lipinski definition) is 6. The van der Waals surface area contributed by atoms with Gasteiger partial charge in [0.05, 0.1) is 30.7 Å². The number of amides is 1. The molecule has 1 aromatic carbocycles. The molecule has 0 spiro atoms. The Labute approximate surface area is 230 Å². The van der Waals surface area contributed by atoms with Gasteiger partial charge in [0, 0.05) is 30.6 Å². The van der Waals surface area contributed by atoms with Gasteiger partial charge in [-0.15, -0.1) is 0 Å². The van der Waals surface area contributed by atoms with Gasteiger partial charge in [0.2, 0.25) is 5.92 Å². The van der Waals surface area contributed by atoms with Crippen LogP contribution in [0, 0.1) is 5.92 Å². The van der Waals surface area contributed by atoms with Gasteiger partial charge >= 0.3 is 0 Å². The Bertz CT molecular complexity index is 1470. The summed E-state index contributed by atoms with van der Waals surface area (Å²) in [4.78, 5) is 30.7. The van der Waals surface area contributed by atoms with Gasteiger partial charge in [-0.25, -0.2) is 18.3 Å². The largest absolute Gasteiger partial charge is 0.369 e. The van der Waals surface area contributed by atoms with Crippen molar-refractivity contribution in [1.29, 1.82) is 0 Å². The monoisotopic (exact) mass is 550 g/mol. The number of nitrogens with one attached hydrogen (secondary N) is 1. The molecule has 210 valence electrons. The number of rotatable bonds is 10. The van der Waals surface area contributed by atoms with E-state index in [2.05, 4.69) is 20.5 Å². The Morgan fingerprint density at radius 3 is 2.60 bits per heavy atom. The maximum absolute atomic E-state index is 14.0. The van der Waals surface area contributed by atoms with Crippen molar-refractivity contribution in [3.8, 4) is 0 Å². The van der Waals surface area contributed by atoms with E-state index >= 15 is 0 Å². The Morgan fingerprint density at radius 1 is 1.12 bits per heavy atom. The summed E-state index contributed by atoms with van der Waals surface area (Å²) in [6.45, 7) is 4.04. The molecule has 40 heavy (non-hydrogen) atoms. The molecular formula is C29H32F2N6O3. The van der Waals surface area contributed by atoms with E-state index in [9.17, 15) is 18.4 Å². The van der Waals surface area contributed by atoms with E-state index in [1.165, 1.54) is 10.7 Å². The predicted octanol–water partition coefficient (Wildman–Crippen LogP) is 5.20. The van der Waals surface area contributed by atoms with Gasteiger partial charge in [-0.05, 0) is 50.3 Å². The van der Waals surface area contributed by atoms with Crippen molar-refractivity contribution in [1.82, 2.24) is 29.7 Å². The molecule has 1 saturated carbocycles. The van der Waals surface area contributed by atoms with Gasteiger partial charge in [-0.2, -0.15) is 10.2 Å². The fourth-order valence-corrected chi connectivity index (χ4v) is 5.07. The molecular weight excluding hydrogens is 518 g/mol. The minimum Gasteiger partial charge on any atom is -0.369 e. The fourth-order valence-electron chi connectivity index (χ4n) is 5.07. The van der Waals surface area contributed by atoms with Crippen molar-refractivity contribution in [2.24, 2.45) is 5.92 Å². The molecule has 1 aliphatic rings. The van der Waals surface area contributed by atoms with E-state index in [0.717, 1.165) is 5.56 Å². The topological polar surface area (TPSA) is 103 Å². The summed E-state index contributed by atoms with van der Waals surface area (Å²) in [5, 5.41) is 11.6. The lowest BCUT2D eigenvalue weighted by atomic mass is 9.81. The molecule has 1 aliphatic carbocycles. The van der Waals surface area contributed by atoms with Crippen LogP contribution >= 0.6 is 0 Å². The molecule has 1 amide bonds. The molecule has 1 fully saturated rings. The molecule has 5 rings (SSSR count). The molecule has 0 saturated heterocycles. The van der Waals surface area contributed by atoms with Crippen molar-refractivity contribution in [2.45, 2.75) is 64.1 Å². The third-order valence-corrected chi connectivity index (χ3v) is 7.24. The quantitative estimate of drug-likeness (QED) is 0.272. The lowest BCUT2D eigenvalue weighted by Gasteiger charge is -2.33. The van der Waals surface area contributed by atoms with E-state index in [1.54, 1.807) is 29.2 Å². The van der Waals surface area contributed by atoms with Gasteiger partial charge in [0.15, 0.2) is 11.4 Å². The van der Waals surface area contributed by atoms with Crippen LogP contribution in [0.25, 0.3) is 5.65 Å². The highest BCUT2D eigenvalue weighted by atomic mass is 19.3. The highest BCUT2D eigenvalue weighted by Gasteiger charge is 2.39. The van der Waals surface area contributed by atoms with Crippen LogP contribution < -0.4 is 5.32 Å². The number of aromatic nitrogens is 5. The maximum atomic E-state index is 14.0. The Balaban J connectivity index is 1.36. The first kappa shape index (κ1) is 27.6. The van der Waals surface area contributed by atoms with Crippen molar-refractivity contribution in [3.63, 3.8) is 0 Å². The maximum Gasteiger partial charge on any atom is 0.270 e.